The van der Waals surface area contributed by atoms with Gasteiger partial charge in [0.1, 0.15) is 0 Å². The van der Waals surface area contributed by atoms with Crippen LogP contribution in [-0.2, 0) is 0 Å². The molecule has 0 saturated heterocycles. The van der Waals surface area contributed by atoms with Gasteiger partial charge in [0.05, 0.1) is 11.4 Å². The van der Waals surface area contributed by atoms with Crippen molar-refractivity contribution in [1.29, 1.82) is 0 Å². The molecule has 0 spiro atoms. The summed E-state index contributed by atoms with van der Waals surface area (Å²) in [5, 5.41) is 4.79. The molecule has 0 bridgehead atoms. The van der Waals surface area contributed by atoms with Gasteiger partial charge >= 0.3 is 0 Å². The zero-order valence-electron chi connectivity index (χ0n) is 30.3. The molecule has 10 rings (SSSR count). The van der Waals surface area contributed by atoms with E-state index in [1.54, 1.807) is 0 Å². The number of fused-ring (bicyclic) bond motifs is 2. The molecule has 0 aliphatic rings. The average molecular weight is 716 g/mol. The molecule has 0 radical (unpaired) electrons. The number of hydrogen-bond acceptors (Lipinski definition) is 5. The summed E-state index contributed by atoms with van der Waals surface area (Å²) < 4.78 is 0. The monoisotopic (exact) mass is 715 g/mol. The molecule has 0 aliphatic heterocycles. The fourth-order valence-corrected chi connectivity index (χ4v) is 7.49. The van der Waals surface area contributed by atoms with E-state index in [0.29, 0.717) is 17.5 Å². The van der Waals surface area contributed by atoms with E-state index < -0.39 is 0 Å². The van der Waals surface area contributed by atoms with Crippen LogP contribution in [0.15, 0.2) is 200 Å². The minimum absolute atomic E-state index is 0.561. The topological polar surface area (TPSA) is 64.5 Å². The van der Waals surface area contributed by atoms with Gasteiger partial charge in [-0.15, -0.1) is 0 Å². The highest BCUT2D eigenvalue weighted by Gasteiger charge is 2.17. The molecular formula is C51H33N5. The van der Waals surface area contributed by atoms with E-state index in [4.69, 9.17) is 24.9 Å². The van der Waals surface area contributed by atoms with Gasteiger partial charge in [-0.05, 0) is 98.4 Å². The van der Waals surface area contributed by atoms with Crippen molar-refractivity contribution < 1.29 is 0 Å². The van der Waals surface area contributed by atoms with Crippen molar-refractivity contribution in [2.45, 2.75) is 0 Å². The number of rotatable bonds is 7. The molecule has 0 amide bonds. The van der Waals surface area contributed by atoms with Crippen LogP contribution in [0.1, 0.15) is 0 Å². The summed E-state index contributed by atoms with van der Waals surface area (Å²) in [6.45, 7) is 0. The van der Waals surface area contributed by atoms with Gasteiger partial charge in [0.15, 0.2) is 17.5 Å². The lowest BCUT2D eigenvalue weighted by Crippen LogP contribution is -2.01. The quantitative estimate of drug-likeness (QED) is 0.164. The zero-order chi connectivity index (χ0) is 37.3. The minimum atomic E-state index is 0.561. The third-order valence-electron chi connectivity index (χ3n) is 10.2. The number of nitrogens with zero attached hydrogens (tertiary/aromatic N) is 5. The van der Waals surface area contributed by atoms with E-state index in [1.807, 2.05) is 48.8 Å². The van der Waals surface area contributed by atoms with Crippen LogP contribution >= 0.6 is 0 Å². The maximum Gasteiger partial charge on any atom is 0.164 e. The molecule has 7 aromatic carbocycles. The van der Waals surface area contributed by atoms with Gasteiger partial charge in [-0.2, -0.15) is 0 Å². The maximum absolute atomic E-state index is 5.22. The van der Waals surface area contributed by atoms with Crippen LogP contribution in [0.3, 0.4) is 0 Å². The second kappa shape index (κ2) is 14.3. The van der Waals surface area contributed by atoms with E-state index in [9.17, 15) is 0 Å². The normalized spacial score (nSPS) is 11.2. The van der Waals surface area contributed by atoms with E-state index in [0.717, 1.165) is 61.5 Å². The molecule has 5 heteroatoms. The predicted molar refractivity (Wildman–Crippen MR) is 228 cm³/mol. The van der Waals surface area contributed by atoms with Crippen LogP contribution < -0.4 is 0 Å². The largest absolute Gasteiger partial charge is 0.256 e. The Labute approximate surface area is 324 Å². The van der Waals surface area contributed by atoms with Gasteiger partial charge in [-0.1, -0.05) is 133 Å². The van der Waals surface area contributed by atoms with Crippen molar-refractivity contribution in [2.75, 3.05) is 0 Å². The van der Waals surface area contributed by atoms with E-state index in [-0.39, 0.29) is 0 Å². The lowest BCUT2D eigenvalue weighted by atomic mass is 9.96. The predicted octanol–water partition coefficient (Wildman–Crippen LogP) is 12.6. The second-order valence-electron chi connectivity index (χ2n) is 13.8. The molecule has 3 heterocycles. The number of pyridine rings is 2. The first-order chi connectivity index (χ1) is 27.7. The summed E-state index contributed by atoms with van der Waals surface area (Å²) in [7, 11) is 0. The van der Waals surface area contributed by atoms with Crippen molar-refractivity contribution in [3.8, 4) is 78.9 Å². The molecule has 56 heavy (non-hydrogen) atoms. The fourth-order valence-electron chi connectivity index (χ4n) is 7.49. The SMILES string of the molecule is c1ccc(-c2cc(-c3ccccn3)cc(-c3nc(-c4cccc(-c5cccc6ccccc56)c4)nc(-c4cccc(-c5cccc6ccccc56)c4)n3)c2)nc1. The van der Waals surface area contributed by atoms with Crippen molar-refractivity contribution in [2.24, 2.45) is 0 Å². The molecule has 0 N–H and O–H groups in total. The van der Waals surface area contributed by atoms with E-state index in [1.165, 1.54) is 21.5 Å². The Bertz CT molecular complexity index is 2820. The Balaban J connectivity index is 1.18. The Morgan fingerprint density at radius 2 is 0.643 bits per heavy atom. The van der Waals surface area contributed by atoms with Crippen LogP contribution in [0.4, 0.5) is 0 Å². The molecule has 0 saturated carbocycles. The molecular weight excluding hydrogens is 683 g/mol. The van der Waals surface area contributed by atoms with E-state index >= 15 is 0 Å². The van der Waals surface area contributed by atoms with Crippen molar-refractivity contribution >= 4 is 21.5 Å². The van der Waals surface area contributed by atoms with Gasteiger partial charge in [0.25, 0.3) is 0 Å². The number of hydrogen-bond donors (Lipinski definition) is 0. The number of benzene rings is 7. The second-order valence-corrected chi connectivity index (χ2v) is 13.8. The van der Waals surface area contributed by atoms with E-state index in [2.05, 4.69) is 152 Å². The molecule has 3 aromatic heterocycles. The van der Waals surface area contributed by atoms with Crippen molar-refractivity contribution in [3.63, 3.8) is 0 Å². The Morgan fingerprint density at radius 1 is 0.268 bits per heavy atom. The van der Waals surface area contributed by atoms with Gasteiger partial charge in [-0.3, -0.25) is 9.97 Å². The lowest BCUT2D eigenvalue weighted by molar-refractivity contribution is 1.07. The smallest absolute Gasteiger partial charge is 0.164 e. The zero-order valence-corrected chi connectivity index (χ0v) is 30.3. The summed E-state index contributed by atoms with van der Waals surface area (Å²) in [6.07, 6.45) is 3.63. The van der Waals surface area contributed by atoms with Gasteiger partial charge in [0, 0.05) is 40.2 Å². The molecule has 0 fully saturated rings. The van der Waals surface area contributed by atoms with Crippen LogP contribution in [0.2, 0.25) is 0 Å². The summed E-state index contributed by atoms with van der Waals surface area (Å²) in [4.78, 5) is 25.0. The van der Waals surface area contributed by atoms with Gasteiger partial charge in [-0.25, -0.2) is 15.0 Å². The number of aromatic nitrogens is 5. The highest BCUT2D eigenvalue weighted by atomic mass is 15.0. The first-order valence-electron chi connectivity index (χ1n) is 18.7. The minimum Gasteiger partial charge on any atom is -0.256 e. The van der Waals surface area contributed by atoms with Crippen molar-refractivity contribution in [3.05, 3.63) is 200 Å². The standard InChI is InChI=1S/C51H33N5/c1-3-21-43-34(13-1)15-11-23-45(43)36-17-9-19-38(29-36)49-54-50(39-20-10-18-37(30-39)46-24-12-16-35-14-2-4-22-44(35)46)56-51(55-49)42-32-40(47-25-5-7-27-52-47)31-41(33-42)48-26-6-8-28-53-48/h1-33H. The van der Waals surface area contributed by atoms with Crippen molar-refractivity contribution in [1.82, 2.24) is 24.9 Å². The van der Waals surface area contributed by atoms with Crippen LogP contribution in [0.5, 0.6) is 0 Å². The first-order valence-corrected chi connectivity index (χ1v) is 18.7. The van der Waals surface area contributed by atoms with Crippen LogP contribution in [0.25, 0.3) is 100 Å². The van der Waals surface area contributed by atoms with Crippen LogP contribution in [-0.4, -0.2) is 24.9 Å². The van der Waals surface area contributed by atoms with Crippen LogP contribution in [0, 0.1) is 0 Å². The molecule has 10 aromatic rings. The Kier molecular flexibility index (Phi) is 8.43. The molecule has 0 atom stereocenters. The highest BCUT2D eigenvalue weighted by Crippen LogP contribution is 2.36. The maximum atomic E-state index is 5.22. The third kappa shape index (κ3) is 6.37. The summed E-state index contributed by atoms with van der Waals surface area (Å²) in [5.41, 5.74) is 10.7. The highest BCUT2D eigenvalue weighted by molar-refractivity contribution is 5.98. The third-order valence-corrected chi connectivity index (χ3v) is 10.2. The molecule has 0 aliphatic carbocycles. The molecule has 5 nitrogen and oxygen atoms in total. The van der Waals surface area contributed by atoms with Gasteiger partial charge < -0.3 is 0 Å². The Morgan fingerprint density at radius 3 is 1.12 bits per heavy atom. The molecule has 0 unspecified atom stereocenters. The summed E-state index contributed by atoms with van der Waals surface area (Å²) in [5.74, 6) is 1.74. The summed E-state index contributed by atoms with van der Waals surface area (Å²) >= 11 is 0. The lowest BCUT2D eigenvalue weighted by Gasteiger charge is -2.13. The fraction of sp³-hybridized carbons (Fsp3) is 0. The summed E-state index contributed by atoms with van der Waals surface area (Å²) in [6, 6.07) is 65.1. The molecule has 262 valence electrons. The average Bonchev–Trinajstić information content (AvgIpc) is 3.29. The first kappa shape index (κ1) is 33.0. The Hall–Kier alpha value is -7.63. The van der Waals surface area contributed by atoms with Gasteiger partial charge in [0.2, 0.25) is 0 Å².